The van der Waals surface area contributed by atoms with E-state index in [1.165, 1.54) is 11.8 Å². The highest BCUT2D eigenvalue weighted by Crippen LogP contribution is 2.42. The smallest absolute Gasteiger partial charge is 0.201 e. The Morgan fingerprint density at radius 2 is 1.91 bits per heavy atom. The second kappa shape index (κ2) is 6.18. The van der Waals surface area contributed by atoms with Crippen LogP contribution in [-0.4, -0.2) is 12.9 Å². The number of halogens is 1. The van der Waals surface area contributed by atoms with Crippen LogP contribution in [0.15, 0.2) is 62.4 Å². The molecular weight excluding hydrogens is 362 g/mol. The van der Waals surface area contributed by atoms with E-state index < -0.39 is 0 Å². The zero-order valence-electron chi connectivity index (χ0n) is 12.1. The van der Waals surface area contributed by atoms with Gasteiger partial charge in [-0.2, -0.15) is 0 Å². The number of nitrogens with one attached hydrogen (secondary N) is 1. The minimum Gasteiger partial charge on any atom is -0.497 e. The van der Waals surface area contributed by atoms with Crippen molar-refractivity contribution in [3.8, 4) is 5.75 Å². The van der Waals surface area contributed by atoms with Gasteiger partial charge in [0.25, 0.3) is 0 Å². The number of allylic oxidation sites excluding steroid dienone is 2. The maximum absolute atomic E-state index is 12.7. The zero-order chi connectivity index (χ0) is 15.7. The molecule has 1 aliphatic heterocycles. The third kappa shape index (κ3) is 2.91. The molecule has 0 fully saturated rings. The Morgan fingerprint density at radius 1 is 1.18 bits per heavy atom. The lowest BCUT2D eigenvalue weighted by Crippen LogP contribution is -2.12. The molecule has 1 aliphatic rings. The standard InChI is InChI=1S/C17H14BrNO2S/c1-10-17(16(20)11-3-6-13(21-2)7-4-11)22-15-9-12(18)5-8-14(15)19-10/h3-9,19H,1-2H3. The molecule has 3 nitrogen and oxygen atoms in total. The van der Waals surface area contributed by atoms with Crippen LogP contribution in [-0.2, 0) is 0 Å². The molecule has 0 aliphatic carbocycles. The maximum Gasteiger partial charge on any atom is 0.201 e. The number of anilines is 1. The SMILES string of the molecule is COc1ccc(C(=O)C2=C(C)Nc3ccc(Br)cc3S2)cc1. The van der Waals surface area contributed by atoms with Crippen LogP contribution in [0.4, 0.5) is 5.69 Å². The molecule has 0 bridgehead atoms. The van der Waals surface area contributed by atoms with Crippen LogP contribution >= 0.6 is 27.7 Å². The van der Waals surface area contributed by atoms with Crippen molar-refractivity contribution in [2.75, 3.05) is 12.4 Å². The Balaban J connectivity index is 1.91. The average Bonchev–Trinajstić information content (AvgIpc) is 2.54. The molecule has 0 amide bonds. The predicted octanol–water partition coefficient (Wildman–Crippen LogP) is 5.09. The summed E-state index contributed by atoms with van der Waals surface area (Å²) >= 11 is 4.97. The number of benzene rings is 2. The van der Waals surface area contributed by atoms with Gasteiger partial charge in [0.1, 0.15) is 5.75 Å². The fraction of sp³-hybridized carbons (Fsp3) is 0.118. The Morgan fingerprint density at radius 3 is 2.59 bits per heavy atom. The first kappa shape index (κ1) is 15.2. The lowest BCUT2D eigenvalue weighted by molar-refractivity contribution is 0.104. The molecule has 0 atom stereocenters. The summed E-state index contributed by atoms with van der Waals surface area (Å²) in [7, 11) is 1.61. The van der Waals surface area contributed by atoms with E-state index >= 15 is 0 Å². The Hall–Kier alpha value is -1.72. The molecule has 112 valence electrons. The molecular formula is C17H14BrNO2S. The molecule has 22 heavy (non-hydrogen) atoms. The minimum absolute atomic E-state index is 0.0169. The lowest BCUT2D eigenvalue weighted by Gasteiger charge is -2.21. The van der Waals surface area contributed by atoms with E-state index in [4.69, 9.17) is 4.74 Å². The summed E-state index contributed by atoms with van der Waals surface area (Å²) in [6.45, 7) is 1.93. The van der Waals surface area contributed by atoms with Gasteiger partial charge in [-0.25, -0.2) is 0 Å². The van der Waals surface area contributed by atoms with Crippen molar-refractivity contribution in [2.45, 2.75) is 11.8 Å². The Labute approximate surface area is 141 Å². The summed E-state index contributed by atoms with van der Waals surface area (Å²) in [5, 5.41) is 3.30. The van der Waals surface area contributed by atoms with Crippen molar-refractivity contribution in [1.29, 1.82) is 0 Å². The van der Waals surface area contributed by atoms with Gasteiger partial charge in [-0.1, -0.05) is 27.7 Å². The van der Waals surface area contributed by atoms with Gasteiger partial charge in [-0.05, 0) is 49.4 Å². The van der Waals surface area contributed by atoms with E-state index in [-0.39, 0.29) is 5.78 Å². The highest BCUT2D eigenvalue weighted by atomic mass is 79.9. The number of hydrogen-bond acceptors (Lipinski definition) is 4. The number of fused-ring (bicyclic) bond motifs is 1. The third-order valence-corrected chi connectivity index (χ3v) is 5.12. The van der Waals surface area contributed by atoms with Crippen LogP contribution in [0.2, 0.25) is 0 Å². The van der Waals surface area contributed by atoms with E-state index in [1.54, 1.807) is 31.4 Å². The Bertz CT molecular complexity index is 769. The van der Waals surface area contributed by atoms with Gasteiger partial charge in [0, 0.05) is 20.6 Å². The quantitative estimate of drug-likeness (QED) is 0.758. The lowest BCUT2D eigenvalue weighted by atomic mass is 10.1. The highest BCUT2D eigenvalue weighted by molar-refractivity contribution is 9.10. The van der Waals surface area contributed by atoms with E-state index in [1.807, 2.05) is 25.1 Å². The number of Topliss-reactive ketones (excluding diaryl/α,β-unsaturated/α-hetero) is 1. The summed E-state index contributed by atoms with van der Waals surface area (Å²) in [5.41, 5.74) is 2.56. The molecule has 2 aromatic rings. The molecule has 0 saturated carbocycles. The maximum atomic E-state index is 12.7. The van der Waals surface area contributed by atoms with Gasteiger partial charge < -0.3 is 10.1 Å². The molecule has 3 rings (SSSR count). The minimum atomic E-state index is 0.0169. The summed E-state index contributed by atoms with van der Waals surface area (Å²) in [5.74, 6) is 0.759. The normalized spacial score (nSPS) is 13.4. The fourth-order valence-corrected chi connectivity index (χ4v) is 3.78. The van der Waals surface area contributed by atoms with Crippen molar-refractivity contribution >= 4 is 39.2 Å². The topological polar surface area (TPSA) is 38.3 Å². The monoisotopic (exact) mass is 375 g/mol. The highest BCUT2D eigenvalue weighted by Gasteiger charge is 2.22. The summed E-state index contributed by atoms with van der Waals surface area (Å²) < 4.78 is 6.13. The van der Waals surface area contributed by atoms with E-state index in [9.17, 15) is 4.79 Å². The molecule has 0 unspecified atom stereocenters. The van der Waals surface area contributed by atoms with Gasteiger partial charge in [0.05, 0.1) is 17.7 Å². The average molecular weight is 376 g/mol. The largest absolute Gasteiger partial charge is 0.497 e. The summed E-state index contributed by atoms with van der Waals surface area (Å²) in [6, 6.07) is 13.2. The fourth-order valence-electron chi connectivity index (χ4n) is 2.22. The first-order valence-electron chi connectivity index (χ1n) is 6.72. The Kier molecular flexibility index (Phi) is 4.27. The van der Waals surface area contributed by atoms with E-state index in [2.05, 4.69) is 21.2 Å². The van der Waals surface area contributed by atoms with Gasteiger partial charge in [-0.3, -0.25) is 4.79 Å². The van der Waals surface area contributed by atoms with E-state index in [0.29, 0.717) is 5.56 Å². The van der Waals surface area contributed by atoms with Crippen molar-refractivity contribution < 1.29 is 9.53 Å². The molecule has 0 aromatic heterocycles. The number of carbonyl (C=O) groups excluding carboxylic acids is 1. The van der Waals surface area contributed by atoms with Crippen LogP contribution in [0.5, 0.6) is 5.75 Å². The van der Waals surface area contributed by atoms with Crippen molar-refractivity contribution in [3.63, 3.8) is 0 Å². The summed E-state index contributed by atoms with van der Waals surface area (Å²) in [6.07, 6.45) is 0. The summed E-state index contributed by atoms with van der Waals surface area (Å²) in [4.78, 5) is 14.5. The number of rotatable bonds is 3. The van der Waals surface area contributed by atoms with Gasteiger partial charge >= 0.3 is 0 Å². The number of carbonyl (C=O) groups is 1. The number of ether oxygens (including phenoxy) is 1. The number of hydrogen-bond donors (Lipinski definition) is 1. The molecule has 5 heteroatoms. The molecule has 2 aromatic carbocycles. The number of methoxy groups -OCH3 is 1. The molecule has 0 saturated heterocycles. The van der Waals surface area contributed by atoms with Gasteiger partial charge in [0.2, 0.25) is 5.78 Å². The van der Waals surface area contributed by atoms with Crippen LogP contribution in [0.3, 0.4) is 0 Å². The molecule has 0 radical (unpaired) electrons. The van der Waals surface area contributed by atoms with Crippen LogP contribution in [0.25, 0.3) is 0 Å². The van der Waals surface area contributed by atoms with E-state index in [0.717, 1.165) is 31.4 Å². The second-order valence-corrected chi connectivity index (χ2v) is 6.85. The van der Waals surface area contributed by atoms with Crippen molar-refractivity contribution in [2.24, 2.45) is 0 Å². The van der Waals surface area contributed by atoms with Crippen molar-refractivity contribution in [3.05, 3.63) is 63.1 Å². The van der Waals surface area contributed by atoms with Crippen LogP contribution < -0.4 is 10.1 Å². The van der Waals surface area contributed by atoms with Crippen molar-refractivity contribution in [1.82, 2.24) is 0 Å². The zero-order valence-corrected chi connectivity index (χ0v) is 14.5. The first-order valence-corrected chi connectivity index (χ1v) is 8.33. The number of thioether (sulfide) groups is 1. The third-order valence-electron chi connectivity index (χ3n) is 3.38. The second-order valence-electron chi connectivity index (χ2n) is 4.88. The molecule has 0 spiro atoms. The number of ketones is 1. The van der Waals surface area contributed by atoms with Crippen LogP contribution in [0, 0.1) is 0 Å². The molecule has 1 N–H and O–H groups in total. The van der Waals surface area contributed by atoms with Gasteiger partial charge in [0.15, 0.2) is 0 Å². The predicted molar refractivity (Wildman–Crippen MR) is 93.6 cm³/mol. The first-order chi connectivity index (χ1) is 10.6. The van der Waals surface area contributed by atoms with Crippen LogP contribution in [0.1, 0.15) is 17.3 Å². The van der Waals surface area contributed by atoms with Gasteiger partial charge in [-0.15, -0.1) is 0 Å². The molecule has 1 heterocycles.